The Labute approximate surface area is 183 Å². The molecule has 1 aromatic heterocycles. The summed E-state index contributed by atoms with van der Waals surface area (Å²) in [6, 6.07) is 8.29. The van der Waals surface area contributed by atoms with Crippen molar-refractivity contribution in [1.82, 2.24) is 4.98 Å². The molecule has 0 radical (unpaired) electrons. The van der Waals surface area contributed by atoms with Crippen molar-refractivity contribution in [2.45, 2.75) is 25.7 Å². The van der Waals surface area contributed by atoms with Gasteiger partial charge in [0, 0.05) is 28.8 Å². The number of nitrogens with one attached hydrogen (secondary N) is 1. The van der Waals surface area contributed by atoms with Gasteiger partial charge in [0.2, 0.25) is 6.79 Å². The number of esters is 1. The maximum atomic E-state index is 13.0. The van der Waals surface area contributed by atoms with Gasteiger partial charge in [-0.25, -0.2) is 4.79 Å². The third-order valence-corrected chi connectivity index (χ3v) is 6.05. The number of amides is 1. The van der Waals surface area contributed by atoms with Crippen LogP contribution in [0.1, 0.15) is 44.8 Å². The number of halogens is 1. The summed E-state index contributed by atoms with van der Waals surface area (Å²) in [5, 5.41) is 4.33. The van der Waals surface area contributed by atoms with E-state index < -0.39 is 5.97 Å². The zero-order valence-corrected chi connectivity index (χ0v) is 17.5. The van der Waals surface area contributed by atoms with E-state index in [1.54, 1.807) is 18.2 Å². The predicted octanol–water partition coefficient (Wildman–Crippen LogP) is 4.53. The molecule has 2 aliphatic rings. The quantitative estimate of drug-likeness (QED) is 0.604. The molecule has 2 heterocycles. The van der Waals surface area contributed by atoms with E-state index in [0.717, 1.165) is 47.3 Å². The standard InChI is InChI=1S/C23H19ClN2O5/c1-29-23(28)15-9-19-20(31-11-30-19)10-18(15)26-22(27)12-6-7-14-17(8-12)25-16-5-3-2-4-13(16)21(14)24/h6-10H,2-5,11H2,1H3,(H,26,27). The number of aromatic nitrogens is 1. The lowest BCUT2D eigenvalue weighted by molar-refractivity contribution is 0.0601. The van der Waals surface area contributed by atoms with Crippen LogP contribution in [-0.2, 0) is 17.6 Å². The predicted molar refractivity (Wildman–Crippen MR) is 115 cm³/mol. The van der Waals surface area contributed by atoms with Crippen LogP contribution in [0.4, 0.5) is 5.69 Å². The summed E-state index contributed by atoms with van der Waals surface area (Å²) >= 11 is 6.63. The van der Waals surface area contributed by atoms with E-state index in [1.807, 2.05) is 6.07 Å². The smallest absolute Gasteiger partial charge is 0.340 e. The third-order valence-electron chi connectivity index (χ3n) is 5.62. The monoisotopic (exact) mass is 438 g/mol. The Morgan fingerprint density at radius 3 is 2.68 bits per heavy atom. The van der Waals surface area contributed by atoms with Crippen molar-refractivity contribution >= 4 is 40.1 Å². The Morgan fingerprint density at radius 1 is 1.10 bits per heavy atom. The molecule has 3 aromatic rings. The lowest BCUT2D eigenvalue weighted by Gasteiger charge is -2.18. The van der Waals surface area contributed by atoms with Crippen molar-refractivity contribution in [1.29, 1.82) is 0 Å². The number of aryl methyl sites for hydroxylation is 1. The van der Waals surface area contributed by atoms with Crippen LogP contribution in [0, 0.1) is 0 Å². The highest BCUT2D eigenvalue weighted by Crippen LogP contribution is 2.38. The summed E-state index contributed by atoms with van der Waals surface area (Å²) in [5.74, 6) is -0.108. The van der Waals surface area contributed by atoms with Crippen LogP contribution in [0.25, 0.3) is 10.9 Å². The van der Waals surface area contributed by atoms with Crippen molar-refractivity contribution in [3.8, 4) is 11.5 Å². The summed E-state index contributed by atoms with van der Waals surface area (Å²) in [5.41, 5.74) is 3.65. The molecule has 158 valence electrons. The fourth-order valence-corrected chi connectivity index (χ4v) is 4.39. The van der Waals surface area contributed by atoms with Gasteiger partial charge in [-0.1, -0.05) is 17.7 Å². The molecule has 7 nitrogen and oxygen atoms in total. The third kappa shape index (κ3) is 3.45. The first kappa shape index (κ1) is 19.6. The van der Waals surface area contributed by atoms with E-state index in [0.29, 0.717) is 22.6 Å². The molecule has 1 aliphatic heterocycles. The molecule has 0 spiro atoms. The zero-order chi connectivity index (χ0) is 21.5. The Hall–Kier alpha value is -3.32. The first-order valence-corrected chi connectivity index (χ1v) is 10.4. The minimum Gasteiger partial charge on any atom is -0.465 e. The van der Waals surface area contributed by atoms with Crippen molar-refractivity contribution in [2.24, 2.45) is 0 Å². The molecular formula is C23H19ClN2O5. The van der Waals surface area contributed by atoms with E-state index >= 15 is 0 Å². The summed E-state index contributed by atoms with van der Waals surface area (Å²) in [6.45, 7) is 0.0504. The molecule has 1 aliphatic carbocycles. The van der Waals surface area contributed by atoms with Gasteiger partial charge < -0.3 is 19.5 Å². The van der Waals surface area contributed by atoms with Crippen LogP contribution in [-0.4, -0.2) is 30.8 Å². The summed E-state index contributed by atoms with van der Waals surface area (Å²) < 4.78 is 15.5. The molecule has 5 rings (SSSR count). The first-order valence-electron chi connectivity index (χ1n) is 9.99. The van der Waals surface area contributed by atoms with Crippen LogP contribution < -0.4 is 14.8 Å². The van der Waals surface area contributed by atoms with Gasteiger partial charge in [0.1, 0.15) is 0 Å². The first-order chi connectivity index (χ1) is 15.0. The summed E-state index contributed by atoms with van der Waals surface area (Å²) in [7, 11) is 1.28. The van der Waals surface area contributed by atoms with Gasteiger partial charge in [0.25, 0.3) is 5.91 Å². The number of pyridine rings is 1. The van der Waals surface area contributed by atoms with E-state index in [9.17, 15) is 9.59 Å². The number of carbonyl (C=O) groups excluding carboxylic acids is 2. The SMILES string of the molecule is COC(=O)c1cc2c(cc1NC(=O)c1ccc3c(Cl)c4c(nc3c1)CCCC4)OCO2. The van der Waals surface area contributed by atoms with Gasteiger partial charge >= 0.3 is 5.97 Å². The number of hydrogen-bond acceptors (Lipinski definition) is 6. The number of methoxy groups -OCH3 is 1. The molecule has 0 fully saturated rings. The minimum atomic E-state index is -0.591. The largest absolute Gasteiger partial charge is 0.465 e. The van der Waals surface area contributed by atoms with Crippen LogP contribution in [0.3, 0.4) is 0 Å². The highest BCUT2D eigenvalue weighted by atomic mass is 35.5. The van der Waals surface area contributed by atoms with Crippen molar-refractivity contribution in [3.63, 3.8) is 0 Å². The topological polar surface area (TPSA) is 86.8 Å². The lowest BCUT2D eigenvalue weighted by atomic mass is 9.94. The normalized spacial score (nSPS) is 14.3. The number of carbonyl (C=O) groups is 2. The van der Waals surface area contributed by atoms with Crippen LogP contribution in [0.15, 0.2) is 30.3 Å². The average molecular weight is 439 g/mol. The molecule has 1 N–H and O–H groups in total. The van der Waals surface area contributed by atoms with Crippen molar-refractivity contribution in [3.05, 3.63) is 57.7 Å². The zero-order valence-electron chi connectivity index (χ0n) is 16.8. The second-order valence-electron chi connectivity index (χ2n) is 7.49. The van der Waals surface area contributed by atoms with Crippen LogP contribution in [0.2, 0.25) is 5.02 Å². The summed E-state index contributed by atoms with van der Waals surface area (Å²) in [4.78, 5) is 30.0. The van der Waals surface area contributed by atoms with Crippen molar-refractivity contribution in [2.75, 3.05) is 19.2 Å². The molecule has 1 amide bonds. The van der Waals surface area contributed by atoms with Crippen molar-refractivity contribution < 1.29 is 23.8 Å². The van der Waals surface area contributed by atoms with E-state index in [4.69, 9.17) is 30.8 Å². The van der Waals surface area contributed by atoms with E-state index in [2.05, 4.69) is 5.32 Å². The van der Waals surface area contributed by atoms with E-state index in [1.165, 1.54) is 13.2 Å². The number of hydrogen-bond donors (Lipinski definition) is 1. The number of rotatable bonds is 3. The fourth-order valence-electron chi connectivity index (χ4n) is 4.03. The molecule has 0 bridgehead atoms. The Morgan fingerprint density at radius 2 is 1.87 bits per heavy atom. The van der Waals surface area contributed by atoms with Gasteiger partial charge in [-0.3, -0.25) is 9.78 Å². The second-order valence-corrected chi connectivity index (χ2v) is 7.86. The maximum absolute atomic E-state index is 13.0. The van der Waals surface area contributed by atoms with Crippen LogP contribution >= 0.6 is 11.6 Å². The van der Waals surface area contributed by atoms with Crippen LogP contribution in [0.5, 0.6) is 11.5 Å². The van der Waals surface area contributed by atoms with E-state index in [-0.39, 0.29) is 24.0 Å². The van der Waals surface area contributed by atoms with Gasteiger partial charge in [0.05, 0.1) is 28.9 Å². The Bertz CT molecular complexity index is 1240. The second kappa shape index (κ2) is 7.74. The van der Waals surface area contributed by atoms with Gasteiger partial charge in [0.15, 0.2) is 11.5 Å². The molecule has 0 saturated carbocycles. The number of benzene rings is 2. The molecule has 0 saturated heterocycles. The maximum Gasteiger partial charge on any atom is 0.340 e. The molecule has 31 heavy (non-hydrogen) atoms. The number of ether oxygens (including phenoxy) is 3. The number of nitrogens with zero attached hydrogens (tertiary/aromatic N) is 1. The fraction of sp³-hybridized carbons (Fsp3) is 0.261. The highest BCUT2D eigenvalue weighted by Gasteiger charge is 2.23. The summed E-state index contributed by atoms with van der Waals surface area (Å²) in [6.07, 6.45) is 4.02. The Kier molecular flexibility index (Phi) is 4.90. The average Bonchev–Trinajstić information content (AvgIpc) is 3.25. The molecule has 8 heteroatoms. The Balaban J connectivity index is 1.50. The van der Waals surface area contributed by atoms with Gasteiger partial charge in [-0.15, -0.1) is 0 Å². The lowest BCUT2D eigenvalue weighted by Crippen LogP contribution is -2.15. The highest BCUT2D eigenvalue weighted by molar-refractivity contribution is 6.36. The number of fused-ring (bicyclic) bond motifs is 3. The molecular weight excluding hydrogens is 420 g/mol. The van der Waals surface area contributed by atoms with Gasteiger partial charge in [-0.2, -0.15) is 0 Å². The molecule has 2 aromatic carbocycles. The molecule has 0 atom stereocenters. The molecule has 0 unspecified atom stereocenters. The van der Waals surface area contributed by atoms with Gasteiger partial charge in [-0.05, 0) is 43.4 Å². The minimum absolute atomic E-state index is 0.0504. The number of anilines is 1.